The fourth-order valence-corrected chi connectivity index (χ4v) is 3.61. The van der Waals surface area contributed by atoms with E-state index in [2.05, 4.69) is 40.3 Å². The van der Waals surface area contributed by atoms with Crippen molar-refractivity contribution in [3.8, 4) is 11.5 Å². The number of likely N-dealkylation sites (N-methyl/N-ethyl adjacent to an activating group) is 1. The Balaban J connectivity index is 2.25. The lowest BCUT2D eigenvalue weighted by atomic mass is 10.0. The van der Waals surface area contributed by atoms with Gasteiger partial charge in [0, 0.05) is 20.8 Å². The standard InChI is InChI=1S/C16H20BrNO2S/c1-4-18-14(16-9-13(19-2)10-21-16)8-11-7-12(17)5-6-15(11)20-3/h5-7,9-10,14,18H,4,8H2,1-3H3. The molecule has 0 radical (unpaired) electrons. The molecule has 0 bridgehead atoms. The topological polar surface area (TPSA) is 30.5 Å². The predicted octanol–water partition coefficient (Wildman–Crippen LogP) is 4.42. The van der Waals surface area contributed by atoms with Crippen molar-refractivity contribution >= 4 is 27.3 Å². The zero-order chi connectivity index (χ0) is 15.2. The Bertz CT molecular complexity index is 585. The van der Waals surface area contributed by atoms with E-state index in [-0.39, 0.29) is 6.04 Å². The highest BCUT2D eigenvalue weighted by Crippen LogP contribution is 2.32. The van der Waals surface area contributed by atoms with Gasteiger partial charge in [-0.2, -0.15) is 0 Å². The van der Waals surface area contributed by atoms with Crippen LogP contribution in [-0.4, -0.2) is 20.8 Å². The molecular weight excluding hydrogens is 350 g/mol. The molecule has 1 aromatic heterocycles. The SMILES string of the molecule is CCNC(Cc1cc(Br)ccc1OC)c1cc(OC)cs1. The largest absolute Gasteiger partial charge is 0.496 e. The normalized spacial score (nSPS) is 12.2. The number of methoxy groups -OCH3 is 2. The van der Waals surface area contributed by atoms with Crippen LogP contribution < -0.4 is 14.8 Å². The van der Waals surface area contributed by atoms with E-state index in [1.807, 2.05) is 17.5 Å². The van der Waals surface area contributed by atoms with Crippen LogP contribution in [-0.2, 0) is 6.42 Å². The molecule has 0 spiro atoms. The maximum atomic E-state index is 5.47. The molecule has 2 aromatic rings. The van der Waals surface area contributed by atoms with Crippen LogP contribution in [0.5, 0.6) is 11.5 Å². The number of nitrogens with one attached hydrogen (secondary N) is 1. The van der Waals surface area contributed by atoms with Gasteiger partial charge in [-0.05, 0) is 42.8 Å². The minimum Gasteiger partial charge on any atom is -0.496 e. The Morgan fingerprint density at radius 3 is 2.67 bits per heavy atom. The Morgan fingerprint density at radius 1 is 1.24 bits per heavy atom. The number of hydrogen-bond acceptors (Lipinski definition) is 4. The van der Waals surface area contributed by atoms with Crippen molar-refractivity contribution in [3.05, 3.63) is 44.6 Å². The molecule has 5 heteroatoms. The van der Waals surface area contributed by atoms with Crippen molar-refractivity contribution in [1.82, 2.24) is 5.32 Å². The molecule has 21 heavy (non-hydrogen) atoms. The van der Waals surface area contributed by atoms with Gasteiger partial charge in [0.25, 0.3) is 0 Å². The zero-order valence-corrected chi connectivity index (χ0v) is 14.9. The Morgan fingerprint density at radius 2 is 2.05 bits per heavy atom. The molecule has 1 atom stereocenters. The van der Waals surface area contributed by atoms with Gasteiger partial charge in [0.2, 0.25) is 0 Å². The van der Waals surface area contributed by atoms with E-state index in [1.54, 1.807) is 25.6 Å². The third kappa shape index (κ3) is 4.22. The summed E-state index contributed by atoms with van der Waals surface area (Å²) in [6.07, 6.45) is 0.875. The number of thiophene rings is 1. The fourth-order valence-electron chi connectivity index (χ4n) is 2.27. The summed E-state index contributed by atoms with van der Waals surface area (Å²) in [7, 11) is 3.41. The van der Waals surface area contributed by atoms with Crippen molar-refractivity contribution in [3.63, 3.8) is 0 Å². The van der Waals surface area contributed by atoms with Gasteiger partial charge < -0.3 is 14.8 Å². The van der Waals surface area contributed by atoms with Gasteiger partial charge in [-0.25, -0.2) is 0 Å². The number of halogens is 1. The van der Waals surface area contributed by atoms with E-state index in [9.17, 15) is 0 Å². The third-order valence-corrected chi connectivity index (χ3v) is 4.81. The smallest absolute Gasteiger partial charge is 0.129 e. The van der Waals surface area contributed by atoms with Crippen LogP contribution in [0.15, 0.2) is 34.1 Å². The Hall–Kier alpha value is -1.04. The van der Waals surface area contributed by atoms with Crippen molar-refractivity contribution in [2.24, 2.45) is 0 Å². The Kier molecular flexibility index (Phi) is 6.08. The van der Waals surface area contributed by atoms with Crippen LogP contribution in [0.1, 0.15) is 23.4 Å². The van der Waals surface area contributed by atoms with E-state index >= 15 is 0 Å². The maximum absolute atomic E-state index is 5.47. The summed E-state index contributed by atoms with van der Waals surface area (Å²) in [5, 5.41) is 5.58. The molecule has 3 nitrogen and oxygen atoms in total. The second-order valence-electron chi connectivity index (χ2n) is 4.66. The molecule has 1 aromatic carbocycles. The number of hydrogen-bond donors (Lipinski definition) is 1. The summed E-state index contributed by atoms with van der Waals surface area (Å²) in [4.78, 5) is 1.27. The molecule has 0 aliphatic heterocycles. The summed E-state index contributed by atoms with van der Waals surface area (Å²) in [5.41, 5.74) is 1.19. The van der Waals surface area contributed by atoms with Crippen LogP contribution in [0.2, 0.25) is 0 Å². The van der Waals surface area contributed by atoms with Gasteiger partial charge in [-0.15, -0.1) is 11.3 Å². The van der Waals surface area contributed by atoms with E-state index in [0.717, 1.165) is 28.9 Å². The van der Waals surface area contributed by atoms with E-state index in [4.69, 9.17) is 9.47 Å². The maximum Gasteiger partial charge on any atom is 0.129 e. The van der Waals surface area contributed by atoms with Crippen molar-refractivity contribution < 1.29 is 9.47 Å². The monoisotopic (exact) mass is 369 g/mol. The molecule has 0 fully saturated rings. The first-order valence-electron chi connectivity index (χ1n) is 6.86. The van der Waals surface area contributed by atoms with Crippen LogP contribution in [0.3, 0.4) is 0 Å². The molecule has 114 valence electrons. The second-order valence-corrected chi connectivity index (χ2v) is 6.52. The number of ether oxygens (including phenoxy) is 2. The first-order chi connectivity index (χ1) is 10.2. The lowest BCUT2D eigenvalue weighted by molar-refractivity contribution is 0.405. The number of rotatable bonds is 7. The molecular formula is C16H20BrNO2S. The summed E-state index contributed by atoms with van der Waals surface area (Å²) >= 11 is 5.25. The second kappa shape index (κ2) is 7.82. The van der Waals surface area contributed by atoms with Crippen molar-refractivity contribution in [2.75, 3.05) is 20.8 Å². The van der Waals surface area contributed by atoms with Gasteiger partial charge in [-0.1, -0.05) is 22.9 Å². The predicted molar refractivity (Wildman–Crippen MR) is 91.7 cm³/mol. The fraction of sp³-hybridized carbons (Fsp3) is 0.375. The van der Waals surface area contributed by atoms with Crippen LogP contribution >= 0.6 is 27.3 Å². The molecule has 0 aliphatic rings. The summed E-state index contributed by atoms with van der Waals surface area (Å²) in [5.74, 6) is 1.84. The lowest BCUT2D eigenvalue weighted by Crippen LogP contribution is -2.22. The quantitative estimate of drug-likeness (QED) is 0.783. The van der Waals surface area contributed by atoms with Crippen LogP contribution in [0.25, 0.3) is 0 Å². The first kappa shape index (κ1) is 16.3. The minimum atomic E-state index is 0.257. The zero-order valence-electron chi connectivity index (χ0n) is 12.5. The molecule has 1 unspecified atom stereocenters. The molecule has 0 aliphatic carbocycles. The van der Waals surface area contributed by atoms with Crippen molar-refractivity contribution in [2.45, 2.75) is 19.4 Å². The van der Waals surface area contributed by atoms with E-state index in [1.165, 1.54) is 10.4 Å². The molecule has 1 N–H and O–H groups in total. The van der Waals surface area contributed by atoms with Gasteiger partial charge in [0.1, 0.15) is 11.5 Å². The molecule has 0 saturated carbocycles. The third-order valence-electron chi connectivity index (χ3n) is 3.29. The van der Waals surface area contributed by atoms with Crippen LogP contribution in [0, 0.1) is 0 Å². The Labute approximate surface area is 138 Å². The van der Waals surface area contributed by atoms with E-state index < -0.39 is 0 Å². The molecule has 0 saturated heterocycles. The van der Waals surface area contributed by atoms with Gasteiger partial charge in [0.05, 0.1) is 14.2 Å². The van der Waals surface area contributed by atoms with Gasteiger partial charge in [0.15, 0.2) is 0 Å². The van der Waals surface area contributed by atoms with Gasteiger partial charge >= 0.3 is 0 Å². The van der Waals surface area contributed by atoms with Gasteiger partial charge in [-0.3, -0.25) is 0 Å². The van der Waals surface area contributed by atoms with E-state index in [0.29, 0.717) is 0 Å². The van der Waals surface area contributed by atoms with Crippen LogP contribution in [0.4, 0.5) is 0 Å². The highest BCUT2D eigenvalue weighted by Gasteiger charge is 2.16. The summed E-state index contributed by atoms with van der Waals surface area (Å²) < 4.78 is 11.8. The minimum absolute atomic E-state index is 0.257. The number of benzene rings is 1. The molecule has 2 rings (SSSR count). The highest BCUT2D eigenvalue weighted by atomic mass is 79.9. The summed E-state index contributed by atoms with van der Waals surface area (Å²) in [6, 6.07) is 8.47. The first-order valence-corrected chi connectivity index (χ1v) is 8.53. The average Bonchev–Trinajstić information content (AvgIpc) is 2.96. The molecule has 1 heterocycles. The van der Waals surface area contributed by atoms with Crippen molar-refractivity contribution in [1.29, 1.82) is 0 Å². The molecule has 0 amide bonds. The average molecular weight is 370 g/mol. The lowest BCUT2D eigenvalue weighted by Gasteiger charge is -2.18. The summed E-state index contributed by atoms with van der Waals surface area (Å²) in [6.45, 7) is 3.04. The highest BCUT2D eigenvalue weighted by molar-refractivity contribution is 9.10.